The van der Waals surface area contributed by atoms with Crippen LogP contribution in [0.2, 0.25) is 0 Å². The number of hydrogen-bond acceptors (Lipinski definition) is 1. The molecule has 0 aliphatic heterocycles. The molecule has 0 atom stereocenters. The summed E-state index contributed by atoms with van der Waals surface area (Å²) in [6.07, 6.45) is 8.96. The van der Waals surface area contributed by atoms with Crippen molar-refractivity contribution < 1.29 is 5.11 Å². The molecule has 1 N–H and O–H groups in total. The van der Waals surface area contributed by atoms with Gasteiger partial charge in [-0.25, -0.2) is 0 Å². The van der Waals surface area contributed by atoms with E-state index in [-0.39, 0.29) is 0 Å². The Balaban J connectivity index is 0.000000280. The molecule has 0 unspecified atom stereocenters. The lowest BCUT2D eigenvalue weighted by Crippen LogP contribution is -1.89. The molecule has 0 fully saturated rings. The molecule has 0 saturated heterocycles. The Labute approximate surface area is 159 Å². The molecule has 0 aromatic heterocycles. The van der Waals surface area contributed by atoms with E-state index in [4.69, 9.17) is 0 Å². The lowest BCUT2D eigenvalue weighted by atomic mass is 10.0. The average molecular weight is 349 g/mol. The predicted octanol–water partition coefficient (Wildman–Crippen LogP) is 7.66. The number of aryl methyl sites for hydroxylation is 1. The van der Waals surface area contributed by atoms with Crippen LogP contribution in [-0.4, -0.2) is 5.11 Å². The first-order valence-electron chi connectivity index (χ1n) is 9.50. The minimum atomic E-state index is 0.398. The van der Waals surface area contributed by atoms with E-state index in [1.807, 2.05) is 55.5 Å². The van der Waals surface area contributed by atoms with Gasteiger partial charge in [0.15, 0.2) is 0 Å². The second kappa shape index (κ2) is 12.8. The molecule has 1 aliphatic carbocycles. The number of rotatable bonds is 3. The summed E-state index contributed by atoms with van der Waals surface area (Å²) in [6.45, 7) is 8.36. The molecular formula is C25H32O. The molecule has 2 aromatic carbocycles. The van der Waals surface area contributed by atoms with Gasteiger partial charge in [0, 0.05) is 5.57 Å². The normalized spacial score (nSPS) is 12.8. The fourth-order valence-electron chi connectivity index (χ4n) is 2.50. The number of hydrogen-bond donors (Lipinski definition) is 1. The van der Waals surface area contributed by atoms with Crippen molar-refractivity contribution in [1.29, 1.82) is 0 Å². The van der Waals surface area contributed by atoms with Gasteiger partial charge in [0.1, 0.15) is 5.76 Å². The van der Waals surface area contributed by atoms with Crippen LogP contribution in [0.25, 0.3) is 5.57 Å². The molecule has 138 valence electrons. The van der Waals surface area contributed by atoms with E-state index in [1.54, 1.807) is 0 Å². The van der Waals surface area contributed by atoms with E-state index in [1.165, 1.54) is 23.1 Å². The van der Waals surface area contributed by atoms with Crippen molar-refractivity contribution >= 4 is 5.57 Å². The first-order chi connectivity index (χ1) is 12.6. The molecule has 0 radical (unpaired) electrons. The number of aliphatic hydroxyl groups is 1. The Morgan fingerprint density at radius 3 is 1.92 bits per heavy atom. The standard InChI is InChI=1S/C15H16O.C7H8.C3H8/c1-2-7-15(16)14-11-6-10-13(14)12-8-4-3-5-9-12;1-7-5-3-2-4-6-7;1-3-2/h3-9,11,16H,2,10H2,1H3;2-6H,1H3;3H2,1-2H3/b15-7+;;. The summed E-state index contributed by atoms with van der Waals surface area (Å²) in [5, 5.41) is 9.93. The topological polar surface area (TPSA) is 20.2 Å². The highest BCUT2D eigenvalue weighted by Crippen LogP contribution is 2.31. The highest BCUT2D eigenvalue weighted by molar-refractivity contribution is 5.78. The SMILES string of the molecule is CC/C=C(/O)C1=C(c2ccccc2)CC=C1.CCC.Cc1ccccc1. The molecule has 1 aliphatic rings. The lowest BCUT2D eigenvalue weighted by Gasteiger charge is -2.07. The van der Waals surface area contributed by atoms with Crippen molar-refractivity contribution in [3.8, 4) is 0 Å². The molecule has 1 heteroatoms. The van der Waals surface area contributed by atoms with Crippen LogP contribution in [0, 0.1) is 6.92 Å². The largest absolute Gasteiger partial charge is 0.508 e. The van der Waals surface area contributed by atoms with Gasteiger partial charge >= 0.3 is 0 Å². The summed E-state index contributed by atoms with van der Waals surface area (Å²) in [6, 6.07) is 20.5. The van der Waals surface area contributed by atoms with Crippen LogP contribution in [-0.2, 0) is 0 Å². The van der Waals surface area contributed by atoms with Crippen molar-refractivity contribution in [3.05, 3.63) is 101 Å². The van der Waals surface area contributed by atoms with Crippen molar-refractivity contribution in [3.63, 3.8) is 0 Å². The molecule has 26 heavy (non-hydrogen) atoms. The van der Waals surface area contributed by atoms with Gasteiger partial charge in [-0.3, -0.25) is 0 Å². The van der Waals surface area contributed by atoms with Crippen LogP contribution < -0.4 is 0 Å². The molecule has 1 nitrogen and oxygen atoms in total. The smallest absolute Gasteiger partial charge is 0.119 e. The summed E-state index contributed by atoms with van der Waals surface area (Å²) in [7, 11) is 0. The number of allylic oxidation sites excluding steroid dienone is 4. The Hall–Kier alpha value is -2.54. The van der Waals surface area contributed by atoms with Gasteiger partial charge in [0.2, 0.25) is 0 Å². The summed E-state index contributed by atoms with van der Waals surface area (Å²) in [4.78, 5) is 0. The quantitative estimate of drug-likeness (QED) is 0.564. The van der Waals surface area contributed by atoms with E-state index in [0.29, 0.717) is 5.76 Å². The summed E-state index contributed by atoms with van der Waals surface area (Å²) >= 11 is 0. The molecule has 2 aromatic rings. The summed E-state index contributed by atoms with van der Waals surface area (Å²) in [5.41, 5.74) is 4.69. The lowest BCUT2D eigenvalue weighted by molar-refractivity contribution is 0.424. The van der Waals surface area contributed by atoms with Gasteiger partial charge in [-0.1, -0.05) is 106 Å². The Morgan fingerprint density at radius 1 is 0.923 bits per heavy atom. The van der Waals surface area contributed by atoms with E-state index in [2.05, 4.69) is 51.1 Å². The summed E-state index contributed by atoms with van der Waals surface area (Å²) in [5.74, 6) is 0.398. The molecule has 0 heterocycles. The van der Waals surface area contributed by atoms with Crippen molar-refractivity contribution in [1.82, 2.24) is 0 Å². The van der Waals surface area contributed by atoms with E-state index in [9.17, 15) is 5.11 Å². The second-order valence-corrected chi connectivity index (χ2v) is 6.22. The van der Waals surface area contributed by atoms with Gasteiger partial charge in [-0.15, -0.1) is 0 Å². The molecular weight excluding hydrogens is 316 g/mol. The molecule has 0 bridgehead atoms. The zero-order valence-electron chi connectivity index (χ0n) is 16.6. The van der Waals surface area contributed by atoms with Crippen LogP contribution >= 0.6 is 0 Å². The van der Waals surface area contributed by atoms with Crippen molar-refractivity contribution in [2.75, 3.05) is 0 Å². The zero-order chi connectivity index (χ0) is 19.2. The van der Waals surface area contributed by atoms with Gasteiger partial charge in [0.25, 0.3) is 0 Å². The molecule has 0 spiro atoms. The fraction of sp³-hybridized carbons (Fsp3) is 0.280. The molecule has 0 saturated carbocycles. The van der Waals surface area contributed by atoms with E-state index < -0.39 is 0 Å². The van der Waals surface area contributed by atoms with Crippen LogP contribution in [0.15, 0.2) is 90.2 Å². The second-order valence-electron chi connectivity index (χ2n) is 6.22. The fourth-order valence-corrected chi connectivity index (χ4v) is 2.50. The highest BCUT2D eigenvalue weighted by atomic mass is 16.3. The van der Waals surface area contributed by atoms with Crippen LogP contribution in [0.3, 0.4) is 0 Å². The maximum atomic E-state index is 9.93. The van der Waals surface area contributed by atoms with Gasteiger partial charge in [0.05, 0.1) is 0 Å². The maximum Gasteiger partial charge on any atom is 0.119 e. The monoisotopic (exact) mass is 348 g/mol. The first kappa shape index (κ1) is 21.5. The third-order valence-corrected chi connectivity index (χ3v) is 3.67. The summed E-state index contributed by atoms with van der Waals surface area (Å²) < 4.78 is 0. The van der Waals surface area contributed by atoms with Gasteiger partial charge in [-0.2, -0.15) is 0 Å². The Bertz CT molecular complexity index is 706. The number of aliphatic hydroxyl groups excluding tert-OH is 1. The predicted molar refractivity (Wildman–Crippen MR) is 115 cm³/mol. The Kier molecular flexibility index (Phi) is 10.6. The Morgan fingerprint density at radius 2 is 1.46 bits per heavy atom. The van der Waals surface area contributed by atoms with E-state index >= 15 is 0 Å². The first-order valence-corrected chi connectivity index (χ1v) is 9.50. The van der Waals surface area contributed by atoms with Crippen molar-refractivity contribution in [2.24, 2.45) is 0 Å². The highest BCUT2D eigenvalue weighted by Gasteiger charge is 2.13. The molecule has 0 amide bonds. The van der Waals surface area contributed by atoms with Crippen LogP contribution in [0.4, 0.5) is 0 Å². The third kappa shape index (κ3) is 7.57. The van der Waals surface area contributed by atoms with Gasteiger partial charge in [-0.05, 0) is 37.0 Å². The minimum Gasteiger partial charge on any atom is -0.508 e. The van der Waals surface area contributed by atoms with Crippen LogP contribution in [0.5, 0.6) is 0 Å². The van der Waals surface area contributed by atoms with Crippen molar-refractivity contribution in [2.45, 2.75) is 47.0 Å². The number of benzene rings is 2. The van der Waals surface area contributed by atoms with Gasteiger partial charge < -0.3 is 5.11 Å². The zero-order valence-corrected chi connectivity index (χ0v) is 16.6. The minimum absolute atomic E-state index is 0.398. The van der Waals surface area contributed by atoms with Crippen LogP contribution in [0.1, 0.15) is 51.2 Å². The average Bonchev–Trinajstić information content (AvgIpc) is 3.14. The maximum absolute atomic E-state index is 9.93. The van der Waals surface area contributed by atoms with E-state index in [0.717, 1.165) is 18.4 Å². The molecule has 3 rings (SSSR count). The third-order valence-electron chi connectivity index (χ3n) is 3.67.